The number of amides is 15. The van der Waals surface area contributed by atoms with E-state index in [0.717, 1.165) is 34.4 Å². The number of carbonyl (C=O) groups excluding carboxylic acids is 15. The fourth-order valence-electron chi connectivity index (χ4n) is 13.1. The SMILES string of the molecule is CSCCCC(=O)N[C@@H](CCCCNC(=O)CCC(=O)Nc1ccc2c(S(=O)(=O)O)cccc2c1)C(=O)N[C@H]1CSSC[C@@H](C(=O)NC(Cc2ccccc2)C(=O)NCC(=O)NCC(=O)N[C@@H](CCCCNC(=O)CCCC(=O)NCCC(CCNC(C)(C)/C(C)=N\O)CCNC(C)(C)/C(C)=N\O)C(N)=O)NC(=O)[C@H](CC(=O)O)NC(=O)CNC(=O)[C@H](CCCNC(=N)N)NC1=O. The van der Waals surface area contributed by atoms with E-state index in [1.807, 2.05) is 34.0 Å². The highest BCUT2D eigenvalue weighted by Crippen LogP contribution is 2.28. The second-order valence-corrected chi connectivity index (χ2v) is 37.4. The Kier molecular flexibility index (Phi) is 51.2. The minimum absolute atomic E-state index is 0.00104. The summed E-state index contributed by atoms with van der Waals surface area (Å²) in [5, 5.41) is 88.7. The van der Waals surface area contributed by atoms with E-state index in [1.165, 1.54) is 42.1 Å². The van der Waals surface area contributed by atoms with Crippen LogP contribution in [0.2, 0.25) is 0 Å². The second-order valence-electron chi connectivity index (χ2n) is 32.5. The van der Waals surface area contributed by atoms with E-state index >= 15 is 0 Å². The van der Waals surface area contributed by atoms with Crippen molar-refractivity contribution in [3.05, 3.63) is 72.3 Å². The van der Waals surface area contributed by atoms with E-state index in [-0.39, 0.29) is 137 Å². The molecule has 26 N–H and O–H groups in total. The van der Waals surface area contributed by atoms with Crippen LogP contribution in [0.4, 0.5) is 5.69 Å². The van der Waals surface area contributed by atoms with Crippen LogP contribution in [-0.2, 0) is 93.3 Å². The summed E-state index contributed by atoms with van der Waals surface area (Å²) >= 11 is 1.48. The third-order valence-corrected chi connectivity index (χ3v) is 25.3. The van der Waals surface area contributed by atoms with Gasteiger partial charge in [0.1, 0.15) is 47.2 Å². The van der Waals surface area contributed by atoms with Crippen LogP contribution in [0.1, 0.15) is 169 Å². The summed E-state index contributed by atoms with van der Waals surface area (Å²) in [5.41, 5.74) is 11.8. The number of benzene rings is 3. The number of nitrogens with one attached hydrogen (secondary N) is 18. The molecule has 7 atom stereocenters. The molecule has 1 saturated heterocycles. The summed E-state index contributed by atoms with van der Waals surface area (Å²) in [4.78, 5) is 216. The molecule has 1 unspecified atom stereocenters. The first-order chi connectivity index (χ1) is 62.5. The Hall–Kier alpha value is -11.5. The number of fused-ring (bicyclic) bond motifs is 1. The van der Waals surface area contributed by atoms with Gasteiger partial charge in [0, 0.05) is 87.3 Å². The monoisotopic (exact) mass is 1930 g/mol. The highest BCUT2D eigenvalue weighted by molar-refractivity contribution is 8.76. The van der Waals surface area contributed by atoms with Crippen LogP contribution in [0.5, 0.6) is 0 Å². The van der Waals surface area contributed by atoms with E-state index in [2.05, 4.69) is 101 Å². The molecule has 0 radical (unpaired) electrons. The Morgan fingerprint density at radius 3 is 1.75 bits per heavy atom. The van der Waals surface area contributed by atoms with Crippen molar-refractivity contribution >= 4 is 172 Å². The van der Waals surface area contributed by atoms with E-state index in [4.69, 9.17) is 16.9 Å². The highest BCUT2D eigenvalue weighted by atomic mass is 33.1. The number of oxime groups is 2. The molecule has 0 aromatic heterocycles. The van der Waals surface area contributed by atoms with Crippen LogP contribution >= 0.6 is 33.3 Å². The van der Waals surface area contributed by atoms with Gasteiger partial charge in [0.05, 0.1) is 48.6 Å². The Morgan fingerprint density at radius 2 is 1.14 bits per heavy atom. The Bertz CT molecular complexity index is 4550. The molecule has 0 saturated carbocycles. The highest BCUT2D eigenvalue weighted by Gasteiger charge is 2.36. The van der Waals surface area contributed by atoms with Gasteiger partial charge in [-0.25, -0.2) is 0 Å². The lowest BCUT2D eigenvalue weighted by Gasteiger charge is -2.28. The number of carbonyl (C=O) groups is 16. The first-order valence-electron chi connectivity index (χ1n) is 43.3. The van der Waals surface area contributed by atoms with Crippen LogP contribution in [0.25, 0.3) is 10.8 Å². The Labute approximate surface area is 779 Å². The maximum absolute atomic E-state index is 14.7. The molecule has 0 aliphatic carbocycles. The van der Waals surface area contributed by atoms with E-state index in [0.29, 0.717) is 79.1 Å². The third-order valence-electron chi connectivity index (χ3n) is 21.3. The molecule has 3 aromatic carbocycles. The number of carboxylic acids is 1. The molecule has 732 valence electrons. The number of aliphatic carboxylic acids is 1. The predicted octanol–water partition coefficient (Wildman–Crippen LogP) is -0.366. The van der Waals surface area contributed by atoms with Gasteiger partial charge in [-0.2, -0.15) is 20.2 Å². The average molecular weight is 1930 g/mol. The maximum atomic E-state index is 14.7. The summed E-state index contributed by atoms with van der Waals surface area (Å²) in [6.07, 6.45) is 4.08. The average Bonchev–Trinajstić information content (AvgIpc) is 0.792. The molecule has 15 amide bonds. The normalized spacial score (nSPS) is 16.3. The molecule has 4 rings (SSSR count). The van der Waals surface area contributed by atoms with E-state index in [9.17, 15) is 105 Å². The van der Waals surface area contributed by atoms with Gasteiger partial charge in [-0.1, -0.05) is 80.4 Å². The molecule has 48 heteroatoms. The van der Waals surface area contributed by atoms with Crippen LogP contribution in [0.3, 0.4) is 0 Å². The first-order valence-corrected chi connectivity index (χ1v) is 48.6. The number of carboxylic acid groups (broad SMARTS) is 1. The van der Waals surface area contributed by atoms with Gasteiger partial charge in [-0.05, 0) is 185 Å². The summed E-state index contributed by atoms with van der Waals surface area (Å²) in [5.74, 6) is -14.0. The number of hydrogen-bond acceptors (Lipinski definition) is 28. The van der Waals surface area contributed by atoms with Crippen molar-refractivity contribution < 1.29 is 105 Å². The molecule has 1 fully saturated rings. The minimum Gasteiger partial charge on any atom is -0.481 e. The van der Waals surface area contributed by atoms with Crippen molar-refractivity contribution in [2.75, 3.05) is 87.7 Å². The molecular weight excluding hydrogens is 1800 g/mol. The number of thioether (sulfide) groups is 1. The number of hydrogen-bond donors (Lipinski definition) is 24. The lowest BCUT2D eigenvalue weighted by molar-refractivity contribution is -0.141. The van der Waals surface area contributed by atoms with Gasteiger partial charge in [-0.15, -0.1) is 0 Å². The lowest BCUT2D eigenvalue weighted by Crippen LogP contribution is -2.59. The van der Waals surface area contributed by atoms with E-state index in [1.54, 1.807) is 50.2 Å². The predicted molar refractivity (Wildman–Crippen MR) is 499 cm³/mol. The summed E-state index contributed by atoms with van der Waals surface area (Å²) < 4.78 is 33.4. The first kappa shape index (κ1) is 113. The molecular formula is C84H130N22O22S4. The van der Waals surface area contributed by atoms with Gasteiger partial charge < -0.3 is 117 Å². The molecule has 1 aliphatic rings. The standard InChI is InChI=1S/C84H130N22O22S4/c1-51(105-124)83(3,4)95-40-34-53(35-41-96-84(5,6)52(2)106-125)33-39-90-67(108)27-16-26-66(107)88-36-13-11-22-58(75(85)117)98-72(113)47-92-71(112)46-93-77(119)61(43-54-19-9-8-10-20-54)102-81(123)64-50-131-130-49-63(80(122)101-59(24-17-38-91-82(86)87)76(118)94-48-73(114)100-62(45-74(115)116)79(121)104-64)103-78(120)60(99-69(110)28-18-42-129-7)23-12-14-37-89-68(109)31-32-70(111)97-56-29-30-57-55(44-56)21-15-25-65(57)132(126,127)128/h8-10,15,19-21,25,29-30,44,53,58-64,95-96,124-125H,11-14,16-18,22-24,26-28,31-43,45-50H2,1-7H3,(H2,85,117)(H,88,107)(H,89,109)(H,90,108)(H,92,112)(H,93,119)(H,94,118)(H,97,111)(H,98,113)(H,99,110)(H,100,114)(H,101,122)(H,102,123)(H,103,120)(H,104,121)(H,115,116)(H4,86,87,91)(H,126,127,128)/b105-51-,106-52-/t58-,59-,60-,61?,62-,63-,64-/m0/s1. The van der Waals surface area contributed by atoms with Gasteiger partial charge in [0.15, 0.2) is 5.96 Å². The molecule has 1 heterocycles. The van der Waals surface area contributed by atoms with Crippen LogP contribution in [-0.4, -0.2) is 276 Å². The van der Waals surface area contributed by atoms with Gasteiger partial charge in [0.2, 0.25) is 88.6 Å². The van der Waals surface area contributed by atoms with Crippen molar-refractivity contribution in [1.29, 1.82) is 5.41 Å². The third kappa shape index (κ3) is 45.1. The molecule has 1 aliphatic heterocycles. The lowest BCUT2D eigenvalue weighted by atomic mass is 9.94. The van der Waals surface area contributed by atoms with Gasteiger partial charge >= 0.3 is 5.97 Å². The molecule has 0 spiro atoms. The summed E-state index contributed by atoms with van der Waals surface area (Å²) in [6.45, 7) is 10.6. The zero-order valence-electron chi connectivity index (χ0n) is 75.4. The number of anilines is 1. The van der Waals surface area contributed by atoms with Gasteiger partial charge in [0.25, 0.3) is 10.1 Å². The van der Waals surface area contributed by atoms with Crippen molar-refractivity contribution in [2.45, 2.75) is 228 Å². The fraction of sp³-hybridized carbons (Fsp3) is 0.583. The number of unbranched alkanes of at least 4 members (excludes halogenated alkanes) is 2. The zero-order valence-corrected chi connectivity index (χ0v) is 78.7. The molecule has 0 bridgehead atoms. The van der Waals surface area contributed by atoms with Gasteiger partial charge in [-0.3, -0.25) is 86.7 Å². The maximum Gasteiger partial charge on any atom is 0.305 e. The summed E-state index contributed by atoms with van der Waals surface area (Å²) in [7, 11) is -2.85. The molecule has 132 heavy (non-hydrogen) atoms. The zero-order chi connectivity index (χ0) is 97.9. The largest absolute Gasteiger partial charge is 0.481 e. The smallest absolute Gasteiger partial charge is 0.305 e. The second kappa shape index (κ2) is 59.8. The molecule has 3 aromatic rings. The van der Waals surface area contributed by atoms with Crippen molar-refractivity contribution in [2.24, 2.45) is 27.7 Å². The number of rotatable bonds is 56. The minimum atomic E-state index is -4.54. The van der Waals surface area contributed by atoms with E-state index < -0.39 is 184 Å². The number of nitrogens with zero attached hydrogens (tertiary/aromatic N) is 2. The Morgan fingerprint density at radius 1 is 0.568 bits per heavy atom. The number of primary amides is 1. The quantitative estimate of drug-likeness (QED) is 0.00652. The van der Waals surface area contributed by atoms with Crippen LogP contribution < -0.4 is 102 Å². The fourth-order valence-corrected chi connectivity index (χ4v) is 16.5. The number of nitrogens with two attached hydrogens (primary N) is 2. The topological polar surface area (TPSA) is 693 Å². The van der Waals surface area contributed by atoms with Crippen LogP contribution in [0.15, 0.2) is 81.9 Å². The summed E-state index contributed by atoms with van der Waals surface area (Å²) in [6, 6.07) is 6.00. The number of guanidine groups is 1. The molecule has 44 nitrogen and oxygen atoms in total. The van der Waals surface area contributed by atoms with Crippen molar-refractivity contribution in [3.8, 4) is 0 Å². The Balaban J connectivity index is 1.41. The van der Waals surface area contributed by atoms with Crippen LogP contribution in [0, 0.1) is 11.3 Å². The van der Waals surface area contributed by atoms with Crippen molar-refractivity contribution in [1.82, 2.24) is 85.1 Å². The van der Waals surface area contributed by atoms with Crippen molar-refractivity contribution in [3.63, 3.8) is 0 Å².